The second-order valence-corrected chi connectivity index (χ2v) is 11.0. The highest BCUT2D eigenvalue weighted by Gasteiger charge is 2.32. The maximum Gasteiger partial charge on any atom is 0.323 e. The number of aliphatic hydroxyl groups excluding tert-OH is 1. The highest BCUT2D eigenvalue weighted by Crippen LogP contribution is 2.34. The average Bonchev–Trinajstić information content (AvgIpc) is 3.49. The Kier molecular flexibility index (Phi) is 9.39. The third-order valence-corrected chi connectivity index (χ3v) is 7.63. The van der Waals surface area contributed by atoms with Crippen LogP contribution < -0.4 is 30.2 Å². The molecule has 2 aliphatic heterocycles. The molecule has 0 bridgehead atoms. The zero-order chi connectivity index (χ0) is 31.2. The summed E-state index contributed by atoms with van der Waals surface area (Å²) in [4.78, 5) is 42.5. The maximum atomic E-state index is 13.5. The second kappa shape index (κ2) is 13.6. The summed E-state index contributed by atoms with van der Waals surface area (Å²) < 4.78 is 17.2. The summed E-state index contributed by atoms with van der Waals surface area (Å²) in [5.41, 5.74) is 2.23. The number of anilines is 3. The van der Waals surface area contributed by atoms with Gasteiger partial charge in [0.25, 0.3) is 0 Å². The predicted molar refractivity (Wildman–Crippen MR) is 165 cm³/mol. The molecule has 3 aromatic carbocycles. The minimum Gasteiger partial charge on any atom is -0.488 e. The molecule has 0 unspecified atom stereocenters. The number of rotatable bonds is 7. The molecule has 12 heteroatoms. The summed E-state index contributed by atoms with van der Waals surface area (Å²) in [6, 6.07) is 18.2. The van der Waals surface area contributed by atoms with Crippen LogP contribution in [0.5, 0.6) is 17.2 Å². The van der Waals surface area contributed by atoms with E-state index in [0.717, 1.165) is 0 Å². The summed E-state index contributed by atoms with van der Waals surface area (Å²) in [5, 5.41) is 18.4. The molecule has 44 heavy (non-hydrogen) atoms. The Hall–Kier alpha value is -4.97. The van der Waals surface area contributed by atoms with E-state index in [1.807, 2.05) is 37.3 Å². The zero-order valence-electron chi connectivity index (χ0n) is 24.9. The average molecular weight is 604 g/mol. The van der Waals surface area contributed by atoms with Gasteiger partial charge in [-0.3, -0.25) is 4.79 Å². The fraction of sp³-hybridized carbons (Fsp3) is 0.344. The summed E-state index contributed by atoms with van der Waals surface area (Å²) in [5.74, 6) is 1.27. The first kappa shape index (κ1) is 30.5. The van der Waals surface area contributed by atoms with Crippen LogP contribution in [0, 0.1) is 5.92 Å². The van der Waals surface area contributed by atoms with Crippen molar-refractivity contribution in [2.45, 2.75) is 32.4 Å². The van der Waals surface area contributed by atoms with E-state index in [9.17, 15) is 19.5 Å². The van der Waals surface area contributed by atoms with E-state index in [1.165, 1.54) is 0 Å². The molecule has 2 heterocycles. The standard InChI is InChI=1S/C32H37N5O7/c1-20-16-37(21(2)18-38)30(39)14-22-13-24(33-31(40)34-25-10-12-27-28(15-25)43-19-42-27)9-11-26(22)44-29(20)17-36(3)32(41)35-23-7-5-4-6-8-23/h4-13,15,20-21,29,38H,14,16-19H2,1-3H3,(H,35,41)(H2,33,34,40)/t20-,21+,29+/m1/s1. The summed E-state index contributed by atoms with van der Waals surface area (Å²) in [7, 11) is 1.69. The third kappa shape index (κ3) is 7.32. The lowest BCUT2D eigenvalue weighted by molar-refractivity contribution is -0.134. The highest BCUT2D eigenvalue weighted by atomic mass is 16.7. The Bertz CT molecular complexity index is 1500. The van der Waals surface area contributed by atoms with Gasteiger partial charge in [0.15, 0.2) is 11.5 Å². The number of hydrogen-bond donors (Lipinski definition) is 4. The topological polar surface area (TPSA) is 142 Å². The molecule has 5 amide bonds. The number of likely N-dealkylation sites (N-methyl/N-ethyl adjacent to an activating group) is 1. The fourth-order valence-electron chi connectivity index (χ4n) is 5.09. The first-order valence-electron chi connectivity index (χ1n) is 14.4. The van der Waals surface area contributed by atoms with Crippen LogP contribution in [0.15, 0.2) is 66.7 Å². The smallest absolute Gasteiger partial charge is 0.323 e. The SMILES string of the molecule is C[C@@H]1CN([C@@H](C)CO)C(=O)Cc2cc(NC(=O)Nc3ccc4c(c3)OCO4)ccc2O[C@H]1CN(C)C(=O)Nc1ccccc1. The number of aliphatic hydroxyl groups is 1. The molecule has 232 valence electrons. The molecule has 12 nitrogen and oxygen atoms in total. The number of fused-ring (bicyclic) bond motifs is 2. The summed E-state index contributed by atoms with van der Waals surface area (Å²) >= 11 is 0. The van der Waals surface area contributed by atoms with Crippen molar-refractivity contribution < 1.29 is 33.7 Å². The van der Waals surface area contributed by atoms with E-state index in [2.05, 4.69) is 16.0 Å². The Morgan fingerprint density at radius 2 is 1.64 bits per heavy atom. The fourth-order valence-corrected chi connectivity index (χ4v) is 5.09. The monoisotopic (exact) mass is 603 g/mol. The maximum absolute atomic E-state index is 13.5. The van der Waals surface area contributed by atoms with Gasteiger partial charge in [-0.05, 0) is 49.4 Å². The molecule has 0 radical (unpaired) electrons. The molecule has 2 aliphatic rings. The Balaban J connectivity index is 1.34. The van der Waals surface area contributed by atoms with Gasteiger partial charge in [0, 0.05) is 48.2 Å². The minimum absolute atomic E-state index is 0.00272. The largest absolute Gasteiger partial charge is 0.488 e. The van der Waals surface area contributed by atoms with Gasteiger partial charge >= 0.3 is 12.1 Å². The lowest BCUT2D eigenvalue weighted by Crippen LogP contribution is -2.48. The number of amides is 5. The number of hydrogen-bond acceptors (Lipinski definition) is 7. The van der Waals surface area contributed by atoms with Gasteiger partial charge in [0.2, 0.25) is 12.7 Å². The number of benzene rings is 3. The number of nitrogens with one attached hydrogen (secondary N) is 3. The molecule has 4 N–H and O–H groups in total. The van der Waals surface area contributed by atoms with Gasteiger partial charge in [-0.25, -0.2) is 9.59 Å². The van der Waals surface area contributed by atoms with Gasteiger partial charge in [-0.15, -0.1) is 0 Å². The van der Waals surface area contributed by atoms with Crippen LogP contribution in [-0.2, 0) is 11.2 Å². The summed E-state index contributed by atoms with van der Waals surface area (Å²) in [6.45, 7) is 4.25. The van der Waals surface area contributed by atoms with E-state index in [-0.39, 0.29) is 44.2 Å². The van der Waals surface area contributed by atoms with Crippen LogP contribution in [0.2, 0.25) is 0 Å². The van der Waals surface area contributed by atoms with Crippen LogP contribution in [0.4, 0.5) is 26.7 Å². The molecule has 0 aliphatic carbocycles. The van der Waals surface area contributed by atoms with Crippen molar-refractivity contribution in [2.75, 3.05) is 49.5 Å². The number of carbonyl (C=O) groups excluding carboxylic acids is 3. The molecule has 0 saturated heterocycles. The van der Waals surface area contributed by atoms with Crippen LogP contribution in [0.1, 0.15) is 19.4 Å². The van der Waals surface area contributed by atoms with Crippen molar-refractivity contribution in [3.8, 4) is 17.2 Å². The molecule has 0 aromatic heterocycles. The van der Waals surface area contributed by atoms with E-state index in [1.54, 1.807) is 60.2 Å². The number of ether oxygens (including phenoxy) is 3. The van der Waals surface area contributed by atoms with Gasteiger partial charge in [0.1, 0.15) is 11.9 Å². The highest BCUT2D eigenvalue weighted by molar-refractivity contribution is 6.00. The van der Waals surface area contributed by atoms with Gasteiger partial charge < -0.3 is 45.1 Å². The van der Waals surface area contributed by atoms with Crippen molar-refractivity contribution in [1.29, 1.82) is 0 Å². The van der Waals surface area contributed by atoms with Crippen molar-refractivity contribution >= 4 is 35.0 Å². The normalized spacial score (nSPS) is 18.1. The van der Waals surface area contributed by atoms with E-state index in [4.69, 9.17) is 14.2 Å². The van der Waals surface area contributed by atoms with Crippen molar-refractivity contribution in [3.63, 3.8) is 0 Å². The Morgan fingerprint density at radius 1 is 0.955 bits per heavy atom. The van der Waals surface area contributed by atoms with Crippen molar-refractivity contribution in [2.24, 2.45) is 5.92 Å². The van der Waals surface area contributed by atoms with Crippen LogP contribution in [0.25, 0.3) is 0 Å². The second-order valence-electron chi connectivity index (χ2n) is 11.0. The first-order valence-corrected chi connectivity index (χ1v) is 14.4. The molecule has 3 atom stereocenters. The van der Waals surface area contributed by atoms with Gasteiger partial charge in [0.05, 0.1) is 25.6 Å². The van der Waals surface area contributed by atoms with E-state index < -0.39 is 18.2 Å². The first-order chi connectivity index (χ1) is 21.2. The predicted octanol–water partition coefficient (Wildman–Crippen LogP) is 4.37. The van der Waals surface area contributed by atoms with E-state index >= 15 is 0 Å². The molecule has 3 aromatic rings. The lowest BCUT2D eigenvalue weighted by atomic mass is 10.0. The number of carbonyl (C=O) groups is 3. The number of urea groups is 2. The van der Waals surface area contributed by atoms with Gasteiger partial charge in [-0.2, -0.15) is 0 Å². The molecule has 0 spiro atoms. The van der Waals surface area contributed by atoms with Crippen LogP contribution in [0.3, 0.4) is 0 Å². The van der Waals surface area contributed by atoms with Crippen molar-refractivity contribution in [3.05, 3.63) is 72.3 Å². The van der Waals surface area contributed by atoms with Gasteiger partial charge in [-0.1, -0.05) is 25.1 Å². The Morgan fingerprint density at radius 3 is 2.36 bits per heavy atom. The van der Waals surface area contributed by atoms with Crippen molar-refractivity contribution in [1.82, 2.24) is 9.80 Å². The quantitative estimate of drug-likeness (QED) is 0.314. The molecule has 0 saturated carbocycles. The minimum atomic E-state index is -0.479. The van der Waals surface area contributed by atoms with E-state index in [0.29, 0.717) is 46.4 Å². The molecular formula is C32H37N5O7. The zero-order valence-corrected chi connectivity index (χ0v) is 24.9. The number of nitrogens with zero attached hydrogens (tertiary/aromatic N) is 2. The summed E-state index contributed by atoms with van der Waals surface area (Å²) in [6.07, 6.45) is -0.476. The van der Waals surface area contributed by atoms with Crippen LogP contribution >= 0.6 is 0 Å². The lowest BCUT2D eigenvalue weighted by Gasteiger charge is -2.34. The molecule has 0 fully saturated rings. The Labute approximate surface area is 255 Å². The van der Waals surface area contributed by atoms with Crippen LogP contribution in [-0.4, -0.2) is 78.6 Å². The number of para-hydroxylation sites is 1. The third-order valence-electron chi connectivity index (χ3n) is 7.63. The molecular weight excluding hydrogens is 566 g/mol. The molecule has 5 rings (SSSR count).